The van der Waals surface area contributed by atoms with Crippen molar-refractivity contribution in [2.24, 2.45) is 0 Å². The highest BCUT2D eigenvalue weighted by molar-refractivity contribution is 5.32. The molecule has 0 fully saturated rings. The number of phenolic OH excluding ortho intramolecular Hbond substituents is 1. The van der Waals surface area contributed by atoms with Gasteiger partial charge in [-0.3, -0.25) is 0 Å². The Kier molecular flexibility index (Phi) is 4.74. The van der Waals surface area contributed by atoms with E-state index in [0.717, 1.165) is 0 Å². The zero-order valence-corrected chi connectivity index (χ0v) is 11.9. The maximum absolute atomic E-state index is 13.1. The number of benzene rings is 2. The highest BCUT2D eigenvalue weighted by Crippen LogP contribution is 2.18. The molecule has 0 heterocycles. The van der Waals surface area contributed by atoms with E-state index >= 15 is 0 Å². The van der Waals surface area contributed by atoms with Gasteiger partial charge in [0.1, 0.15) is 11.6 Å². The second-order valence-corrected chi connectivity index (χ2v) is 5.27. The van der Waals surface area contributed by atoms with Crippen LogP contribution in [0.4, 0.5) is 4.39 Å². The second kappa shape index (κ2) is 6.53. The topological polar surface area (TPSA) is 32.3 Å². The van der Waals surface area contributed by atoms with Gasteiger partial charge in [0.25, 0.3) is 0 Å². The summed E-state index contributed by atoms with van der Waals surface area (Å²) in [6, 6.07) is 12.4. The summed E-state index contributed by atoms with van der Waals surface area (Å²) in [6.45, 7) is 5.46. The number of hydrogen-bond acceptors (Lipinski definition) is 2. The monoisotopic (exact) mass is 273 g/mol. The fraction of sp³-hybridized carbons (Fsp3) is 0.294. The van der Waals surface area contributed by atoms with Crippen molar-refractivity contribution in [2.75, 3.05) is 0 Å². The van der Waals surface area contributed by atoms with Gasteiger partial charge < -0.3 is 10.4 Å². The molecule has 2 nitrogen and oxygen atoms in total. The molecule has 0 aliphatic carbocycles. The van der Waals surface area contributed by atoms with Gasteiger partial charge in [0.05, 0.1) is 0 Å². The summed E-state index contributed by atoms with van der Waals surface area (Å²) in [5, 5.41) is 12.8. The lowest BCUT2D eigenvalue weighted by molar-refractivity contribution is 0.461. The standard InChI is InChI=1S/C17H20FNO/c1-12(2)14-5-3-13(4-6-14)10-19-11-15-9-16(18)7-8-17(15)20/h3-9,12,19-20H,10-11H2,1-2H3. The molecule has 0 aliphatic heterocycles. The Labute approximate surface area is 119 Å². The van der Waals surface area contributed by atoms with E-state index in [4.69, 9.17) is 0 Å². The average molecular weight is 273 g/mol. The molecule has 0 bridgehead atoms. The van der Waals surface area contributed by atoms with Gasteiger partial charge >= 0.3 is 0 Å². The van der Waals surface area contributed by atoms with E-state index in [2.05, 4.69) is 43.4 Å². The van der Waals surface area contributed by atoms with E-state index in [0.29, 0.717) is 24.6 Å². The zero-order chi connectivity index (χ0) is 14.5. The normalized spacial score (nSPS) is 11.0. The fourth-order valence-corrected chi connectivity index (χ4v) is 2.06. The Bertz CT molecular complexity index is 564. The summed E-state index contributed by atoms with van der Waals surface area (Å²) in [7, 11) is 0. The van der Waals surface area contributed by atoms with E-state index in [-0.39, 0.29) is 11.6 Å². The minimum Gasteiger partial charge on any atom is -0.508 e. The maximum atomic E-state index is 13.1. The quantitative estimate of drug-likeness (QED) is 0.864. The number of phenols is 1. The van der Waals surface area contributed by atoms with Crippen LogP contribution in [0, 0.1) is 5.82 Å². The molecule has 2 aromatic carbocycles. The first kappa shape index (κ1) is 14.5. The molecule has 0 spiro atoms. The first-order chi connectivity index (χ1) is 9.56. The minimum absolute atomic E-state index is 0.119. The summed E-state index contributed by atoms with van der Waals surface area (Å²) in [5.74, 6) is 0.316. The smallest absolute Gasteiger partial charge is 0.123 e. The fourth-order valence-electron chi connectivity index (χ4n) is 2.06. The Hall–Kier alpha value is -1.87. The maximum Gasteiger partial charge on any atom is 0.123 e. The SMILES string of the molecule is CC(C)c1ccc(CNCc2cc(F)ccc2O)cc1. The van der Waals surface area contributed by atoms with Crippen molar-refractivity contribution in [3.8, 4) is 5.75 Å². The van der Waals surface area contributed by atoms with Gasteiger partial charge in [0.2, 0.25) is 0 Å². The summed E-state index contributed by atoms with van der Waals surface area (Å²) in [4.78, 5) is 0. The molecule has 0 saturated heterocycles. The van der Waals surface area contributed by atoms with Gasteiger partial charge in [0.15, 0.2) is 0 Å². The lowest BCUT2D eigenvalue weighted by atomic mass is 10.0. The van der Waals surface area contributed by atoms with Gasteiger partial charge in [-0.25, -0.2) is 4.39 Å². The molecule has 0 radical (unpaired) electrons. The molecule has 20 heavy (non-hydrogen) atoms. The molecule has 0 aliphatic rings. The number of hydrogen-bond donors (Lipinski definition) is 2. The minimum atomic E-state index is -0.333. The van der Waals surface area contributed by atoms with Crippen LogP contribution in [0.25, 0.3) is 0 Å². The molecule has 0 amide bonds. The van der Waals surface area contributed by atoms with Crippen LogP contribution >= 0.6 is 0 Å². The van der Waals surface area contributed by atoms with Crippen LogP contribution in [-0.4, -0.2) is 5.11 Å². The van der Waals surface area contributed by atoms with E-state index in [1.54, 1.807) is 0 Å². The van der Waals surface area contributed by atoms with E-state index in [1.165, 1.54) is 29.3 Å². The average Bonchev–Trinajstić information content (AvgIpc) is 2.43. The first-order valence-corrected chi connectivity index (χ1v) is 6.83. The van der Waals surface area contributed by atoms with Crippen LogP contribution in [0.2, 0.25) is 0 Å². The van der Waals surface area contributed by atoms with Gasteiger partial charge in [-0.1, -0.05) is 38.1 Å². The van der Waals surface area contributed by atoms with Crippen LogP contribution in [0.3, 0.4) is 0 Å². The zero-order valence-electron chi connectivity index (χ0n) is 11.9. The van der Waals surface area contributed by atoms with Crippen molar-refractivity contribution in [1.29, 1.82) is 0 Å². The van der Waals surface area contributed by atoms with Crippen molar-refractivity contribution in [3.05, 3.63) is 65.0 Å². The Balaban J connectivity index is 1.91. The second-order valence-electron chi connectivity index (χ2n) is 5.27. The Morgan fingerprint density at radius 3 is 2.40 bits per heavy atom. The first-order valence-electron chi connectivity index (χ1n) is 6.83. The van der Waals surface area contributed by atoms with Crippen LogP contribution in [0.15, 0.2) is 42.5 Å². The lowest BCUT2D eigenvalue weighted by Crippen LogP contribution is -2.13. The van der Waals surface area contributed by atoms with Gasteiger partial charge in [-0.2, -0.15) is 0 Å². The number of nitrogens with one attached hydrogen (secondary N) is 1. The van der Waals surface area contributed by atoms with Crippen LogP contribution < -0.4 is 5.32 Å². The molecule has 3 heteroatoms. The van der Waals surface area contributed by atoms with Gasteiger partial charge in [0, 0.05) is 18.7 Å². The molecule has 2 rings (SSSR count). The molecule has 0 atom stereocenters. The van der Waals surface area contributed by atoms with Crippen LogP contribution in [0.1, 0.15) is 36.5 Å². The molecule has 0 unspecified atom stereocenters. The largest absolute Gasteiger partial charge is 0.508 e. The lowest BCUT2D eigenvalue weighted by Gasteiger charge is -2.09. The van der Waals surface area contributed by atoms with Crippen molar-refractivity contribution in [2.45, 2.75) is 32.9 Å². The third-order valence-electron chi connectivity index (χ3n) is 3.33. The van der Waals surface area contributed by atoms with Crippen molar-refractivity contribution < 1.29 is 9.50 Å². The number of rotatable bonds is 5. The van der Waals surface area contributed by atoms with Crippen molar-refractivity contribution in [1.82, 2.24) is 5.32 Å². The van der Waals surface area contributed by atoms with Gasteiger partial charge in [-0.15, -0.1) is 0 Å². The highest BCUT2D eigenvalue weighted by atomic mass is 19.1. The van der Waals surface area contributed by atoms with Crippen LogP contribution in [-0.2, 0) is 13.1 Å². The molecule has 2 N–H and O–H groups in total. The molecule has 0 aromatic heterocycles. The summed E-state index contributed by atoms with van der Waals surface area (Å²) in [5.41, 5.74) is 3.06. The highest BCUT2D eigenvalue weighted by Gasteiger charge is 2.03. The molecule has 2 aromatic rings. The summed E-state index contributed by atoms with van der Waals surface area (Å²) >= 11 is 0. The molecular weight excluding hydrogens is 253 g/mol. The third-order valence-corrected chi connectivity index (χ3v) is 3.33. The van der Waals surface area contributed by atoms with E-state index in [1.807, 2.05) is 0 Å². The predicted octanol–water partition coefficient (Wildman–Crippen LogP) is 3.94. The molecule has 106 valence electrons. The van der Waals surface area contributed by atoms with E-state index in [9.17, 15) is 9.50 Å². The van der Waals surface area contributed by atoms with E-state index < -0.39 is 0 Å². The number of halogens is 1. The van der Waals surface area contributed by atoms with Gasteiger partial charge in [-0.05, 0) is 35.2 Å². The predicted molar refractivity (Wildman–Crippen MR) is 79.1 cm³/mol. The number of aromatic hydroxyl groups is 1. The van der Waals surface area contributed by atoms with Crippen molar-refractivity contribution in [3.63, 3.8) is 0 Å². The summed E-state index contributed by atoms with van der Waals surface area (Å²) in [6.07, 6.45) is 0. The third kappa shape index (κ3) is 3.81. The van der Waals surface area contributed by atoms with Crippen molar-refractivity contribution >= 4 is 0 Å². The Morgan fingerprint density at radius 2 is 1.75 bits per heavy atom. The molecular formula is C17H20FNO. The summed E-state index contributed by atoms with van der Waals surface area (Å²) < 4.78 is 13.1. The van der Waals surface area contributed by atoms with Crippen LogP contribution in [0.5, 0.6) is 5.75 Å². The molecule has 0 saturated carbocycles. The Morgan fingerprint density at radius 1 is 1.05 bits per heavy atom.